The highest BCUT2D eigenvalue weighted by Gasteiger charge is 2.15. The Balaban J connectivity index is 2.17. The van der Waals surface area contributed by atoms with E-state index in [0.29, 0.717) is 6.54 Å². The maximum Gasteiger partial charge on any atom is 0.269 e. The molecule has 0 unspecified atom stereocenters. The van der Waals surface area contributed by atoms with Crippen molar-refractivity contribution in [3.8, 4) is 0 Å². The van der Waals surface area contributed by atoms with E-state index < -0.39 is 16.7 Å². The van der Waals surface area contributed by atoms with Gasteiger partial charge in [-0.05, 0) is 63.0 Å². The molecule has 0 radical (unpaired) electrons. The molecule has 0 spiro atoms. The first-order chi connectivity index (χ1) is 14.3. The summed E-state index contributed by atoms with van der Waals surface area (Å²) in [4.78, 5) is 37.5. The van der Waals surface area contributed by atoms with Crippen molar-refractivity contribution >= 4 is 39.5 Å². The number of hydrogen-bond donors (Lipinski definition) is 2. The molecule has 0 aliphatic rings. The van der Waals surface area contributed by atoms with Gasteiger partial charge in [-0.1, -0.05) is 28.1 Å². The lowest BCUT2D eigenvalue weighted by atomic mass is 10.1. The van der Waals surface area contributed by atoms with Gasteiger partial charge in [-0.15, -0.1) is 0 Å². The topological polar surface area (TPSA) is 105 Å². The Morgan fingerprint density at radius 1 is 1.10 bits per heavy atom. The smallest absolute Gasteiger partial charge is 0.269 e. The molecule has 2 N–H and O–H groups in total. The summed E-state index contributed by atoms with van der Waals surface area (Å²) in [6.07, 6.45) is 2.34. The van der Waals surface area contributed by atoms with Gasteiger partial charge >= 0.3 is 0 Å². The molecule has 8 nitrogen and oxygen atoms in total. The third-order valence-electron chi connectivity index (χ3n) is 4.08. The highest BCUT2D eigenvalue weighted by atomic mass is 79.9. The molecule has 0 saturated heterocycles. The molecule has 30 heavy (non-hydrogen) atoms. The third kappa shape index (κ3) is 7.41. The van der Waals surface area contributed by atoms with Crippen LogP contribution < -0.4 is 10.6 Å². The fraction of sp³-hybridized carbons (Fsp3) is 0.238. The normalized spacial score (nSPS) is 11.3. The van der Waals surface area contributed by atoms with Gasteiger partial charge in [-0.25, -0.2) is 0 Å². The van der Waals surface area contributed by atoms with Crippen LogP contribution in [0, 0.1) is 10.1 Å². The fourth-order valence-electron chi connectivity index (χ4n) is 2.51. The summed E-state index contributed by atoms with van der Waals surface area (Å²) < 4.78 is 0.893. The molecule has 2 amide bonds. The molecule has 0 aromatic heterocycles. The maximum absolute atomic E-state index is 12.7. The van der Waals surface area contributed by atoms with Gasteiger partial charge in [0.05, 0.1) is 4.92 Å². The van der Waals surface area contributed by atoms with Crippen LogP contribution in [0.3, 0.4) is 0 Å². The predicted octanol–water partition coefficient (Wildman–Crippen LogP) is 3.20. The predicted molar refractivity (Wildman–Crippen MR) is 119 cm³/mol. The summed E-state index contributed by atoms with van der Waals surface area (Å²) >= 11 is 3.36. The Morgan fingerprint density at radius 2 is 1.73 bits per heavy atom. The number of nitro benzene ring substituents is 1. The summed E-state index contributed by atoms with van der Waals surface area (Å²) in [5.41, 5.74) is 0.921. The Bertz CT molecular complexity index is 925. The van der Waals surface area contributed by atoms with Crippen molar-refractivity contribution in [2.45, 2.75) is 6.42 Å². The molecule has 9 heteroatoms. The van der Waals surface area contributed by atoms with Crippen molar-refractivity contribution in [1.82, 2.24) is 15.5 Å². The fourth-order valence-corrected chi connectivity index (χ4v) is 2.77. The van der Waals surface area contributed by atoms with Gasteiger partial charge in [0, 0.05) is 28.7 Å². The highest BCUT2D eigenvalue weighted by Crippen LogP contribution is 2.14. The quantitative estimate of drug-likeness (QED) is 0.251. The lowest BCUT2D eigenvalue weighted by Crippen LogP contribution is -2.36. The van der Waals surface area contributed by atoms with E-state index in [1.807, 2.05) is 31.1 Å². The summed E-state index contributed by atoms with van der Waals surface area (Å²) in [5, 5.41) is 16.2. The summed E-state index contributed by atoms with van der Waals surface area (Å²) in [7, 11) is 3.90. The van der Waals surface area contributed by atoms with E-state index >= 15 is 0 Å². The molecule has 0 saturated carbocycles. The molecule has 158 valence electrons. The van der Waals surface area contributed by atoms with Crippen LogP contribution in [0.25, 0.3) is 6.08 Å². The van der Waals surface area contributed by atoms with Crippen molar-refractivity contribution in [2.24, 2.45) is 0 Å². The monoisotopic (exact) mass is 474 g/mol. The van der Waals surface area contributed by atoms with Crippen molar-refractivity contribution in [3.63, 3.8) is 0 Å². The first kappa shape index (κ1) is 23.2. The molecule has 2 rings (SSSR count). The number of non-ortho nitro benzene ring substituents is 1. The lowest BCUT2D eigenvalue weighted by molar-refractivity contribution is -0.384. The molecule has 0 atom stereocenters. The van der Waals surface area contributed by atoms with Crippen molar-refractivity contribution in [2.75, 3.05) is 27.2 Å². The zero-order valence-electron chi connectivity index (χ0n) is 16.7. The average molecular weight is 475 g/mol. The summed E-state index contributed by atoms with van der Waals surface area (Å²) in [5.74, 6) is -0.941. The first-order valence-corrected chi connectivity index (χ1v) is 10.0. The number of nitro groups is 1. The summed E-state index contributed by atoms with van der Waals surface area (Å²) in [6.45, 7) is 1.28. The number of benzene rings is 2. The van der Waals surface area contributed by atoms with Crippen LogP contribution in [0.2, 0.25) is 0 Å². The Morgan fingerprint density at radius 3 is 2.30 bits per heavy atom. The molecule has 2 aromatic carbocycles. The minimum absolute atomic E-state index is 0.0885. The van der Waals surface area contributed by atoms with E-state index in [4.69, 9.17) is 0 Å². The average Bonchev–Trinajstić information content (AvgIpc) is 2.72. The van der Waals surface area contributed by atoms with Crippen LogP contribution >= 0.6 is 15.9 Å². The van der Waals surface area contributed by atoms with E-state index in [9.17, 15) is 19.7 Å². The minimum atomic E-state index is -0.540. The van der Waals surface area contributed by atoms with Crippen molar-refractivity contribution in [1.29, 1.82) is 0 Å². The number of halogens is 1. The third-order valence-corrected chi connectivity index (χ3v) is 4.61. The van der Waals surface area contributed by atoms with Gasteiger partial charge in [0.15, 0.2) is 0 Å². The zero-order valence-corrected chi connectivity index (χ0v) is 18.3. The number of carbonyl (C=O) groups excluding carboxylic acids is 2. The molecule has 0 fully saturated rings. The number of hydrogen-bond acceptors (Lipinski definition) is 5. The molecule has 0 aliphatic heterocycles. The Hall–Kier alpha value is -3.04. The molecular weight excluding hydrogens is 452 g/mol. The Kier molecular flexibility index (Phi) is 8.70. The molecule has 0 aliphatic carbocycles. The highest BCUT2D eigenvalue weighted by molar-refractivity contribution is 9.10. The van der Waals surface area contributed by atoms with E-state index in [-0.39, 0.29) is 16.9 Å². The second-order valence-corrected chi connectivity index (χ2v) is 7.70. The molecule has 0 heterocycles. The summed E-state index contributed by atoms with van der Waals surface area (Å²) in [6, 6.07) is 12.5. The number of nitrogens with one attached hydrogen (secondary N) is 2. The van der Waals surface area contributed by atoms with Crippen LogP contribution in [0.5, 0.6) is 0 Å². The van der Waals surface area contributed by atoms with Crippen LogP contribution in [-0.2, 0) is 4.79 Å². The van der Waals surface area contributed by atoms with Crippen LogP contribution in [0.15, 0.2) is 58.7 Å². The molecular formula is C21H23BrN4O4. The van der Waals surface area contributed by atoms with E-state index in [2.05, 4.69) is 26.6 Å². The van der Waals surface area contributed by atoms with Crippen LogP contribution in [-0.4, -0.2) is 48.8 Å². The van der Waals surface area contributed by atoms with Crippen LogP contribution in [0.4, 0.5) is 5.69 Å². The van der Waals surface area contributed by atoms with Crippen molar-refractivity contribution < 1.29 is 14.5 Å². The zero-order chi connectivity index (χ0) is 22.1. The number of nitrogens with zero attached hydrogens (tertiary/aromatic N) is 2. The van der Waals surface area contributed by atoms with Crippen molar-refractivity contribution in [3.05, 3.63) is 79.9 Å². The van der Waals surface area contributed by atoms with E-state index in [0.717, 1.165) is 23.0 Å². The van der Waals surface area contributed by atoms with Gasteiger partial charge < -0.3 is 15.5 Å². The second-order valence-electron chi connectivity index (χ2n) is 6.78. The van der Waals surface area contributed by atoms with Gasteiger partial charge in [0.2, 0.25) is 0 Å². The van der Waals surface area contributed by atoms with Gasteiger partial charge in [0.1, 0.15) is 5.70 Å². The van der Waals surface area contributed by atoms with E-state index in [1.165, 1.54) is 24.3 Å². The number of carbonyl (C=O) groups is 2. The Labute approximate surface area is 183 Å². The standard InChI is InChI=1S/C21H23BrN4O4/c1-25(2)13-3-12-23-21(28)19(14-15-4-8-17(22)9-5-15)24-20(27)16-6-10-18(11-7-16)26(29)30/h4-11,14H,3,12-13H2,1-2H3,(H,23,28)(H,24,27)/b19-14-. The second kappa shape index (κ2) is 11.2. The molecule has 0 bridgehead atoms. The lowest BCUT2D eigenvalue weighted by Gasteiger charge is -2.13. The number of amides is 2. The molecule has 2 aromatic rings. The first-order valence-electron chi connectivity index (χ1n) is 9.22. The van der Waals surface area contributed by atoms with Gasteiger partial charge in [-0.2, -0.15) is 0 Å². The van der Waals surface area contributed by atoms with Gasteiger partial charge in [-0.3, -0.25) is 19.7 Å². The minimum Gasteiger partial charge on any atom is -0.351 e. The van der Waals surface area contributed by atoms with Crippen LogP contribution in [0.1, 0.15) is 22.3 Å². The maximum atomic E-state index is 12.7. The van der Waals surface area contributed by atoms with E-state index in [1.54, 1.807) is 18.2 Å². The SMILES string of the molecule is CN(C)CCCNC(=O)/C(=C/c1ccc(Br)cc1)NC(=O)c1ccc([N+](=O)[O-])cc1. The number of rotatable bonds is 9. The van der Waals surface area contributed by atoms with Gasteiger partial charge in [0.25, 0.3) is 17.5 Å². The largest absolute Gasteiger partial charge is 0.351 e.